The summed E-state index contributed by atoms with van der Waals surface area (Å²) in [6.07, 6.45) is 2.21. The fourth-order valence-corrected chi connectivity index (χ4v) is 2.14. The lowest BCUT2D eigenvalue weighted by atomic mass is 10.0. The summed E-state index contributed by atoms with van der Waals surface area (Å²) in [5.74, 6) is 7.67. The predicted molar refractivity (Wildman–Crippen MR) is 97.9 cm³/mol. The molecule has 0 heterocycles. The van der Waals surface area contributed by atoms with Gasteiger partial charge in [-0.3, -0.25) is 14.8 Å². The molecule has 1 amide bonds. The Hall–Kier alpha value is -3.38. The Morgan fingerprint density at radius 3 is 2.44 bits per heavy atom. The lowest BCUT2D eigenvalue weighted by Crippen LogP contribution is -2.43. The summed E-state index contributed by atoms with van der Waals surface area (Å²) in [5.41, 5.74) is 4.85. The molecule has 1 aromatic carbocycles. The second-order valence-corrected chi connectivity index (χ2v) is 5.45. The number of nitrogens with two attached hydrogens (primary N) is 2. The summed E-state index contributed by atoms with van der Waals surface area (Å²) in [6, 6.07) is 2.10. The highest BCUT2D eigenvalue weighted by Gasteiger charge is 2.22. The zero-order valence-electron chi connectivity index (χ0n) is 14.4. The normalized spacial score (nSPS) is 13.4. The van der Waals surface area contributed by atoms with Crippen LogP contribution < -0.4 is 27.9 Å². The van der Waals surface area contributed by atoms with Gasteiger partial charge in [0.25, 0.3) is 0 Å². The van der Waals surface area contributed by atoms with Gasteiger partial charge in [-0.15, -0.1) is 0 Å². The van der Waals surface area contributed by atoms with Gasteiger partial charge < -0.3 is 31.5 Å². The Morgan fingerprint density at radius 2 is 1.85 bits per heavy atom. The number of carboxylic acid groups (broad SMARTS) is 1. The molecule has 0 aliphatic carbocycles. The Bertz CT molecular complexity index is 695. The minimum absolute atomic E-state index is 0.0809. The molecule has 0 saturated heterocycles. The number of amides is 1. The summed E-state index contributed by atoms with van der Waals surface area (Å²) in [4.78, 5) is 31.5. The Labute approximate surface area is 154 Å². The average Bonchev–Trinajstić information content (AvgIpc) is 2.62. The first kappa shape index (κ1) is 21.7. The maximum absolute atomic E-state index is 12.2. The number of aromatic hydroxyl groups is 2. The lowest BCUT2D eigenvalue weighted by molar-refractivity contribution is -0.141. The quantitative estimate of drug-likeness (QED) is 0.0696. The number of benzene rings is 1. The number of hydrazine groups is 2. The predicted octanol–water partition coefficient (Wildman–Crippen LogP) is -2.05. The minimum atomic E-state index is -1.25. The van der Waals surface area contributed by atoms with Gasteiger partial charge in [0.15, 0.2) is 11.5 Å². The molecule has 0 aliphatic rings. The average molecular weight is 381 g/mol. The van der Waals surface area contributed by atoms with Crippen LogP contribution in [0.5, 0.6) is 11.5 Å². The van der Waals surface area contributed by atoms with Crippen LogP contribution in [0.4, 0.5) is 0 Å². The van der Waals surface area contributed by atoms with E-state index in [1.54, 1.807) is 0 Å². The first-order valence-corrected chi connectivity index (χ1v) is 7.82. The van der Waals surface area contributed by atoms with Crippen LogP contribution in [0.3, 0.4) is 0 Å². The van der Waals surface area contributed by atoms with Crippen molar-refractivity contribution < 1.29 is 24.9 Å². The van der Waals surface area contributed by atoms with E-state index in [1.165, 1.54) is 30.9 Å². The standard InChI is InChI=1S/C15H23N7O5/c16-20-7-18-6-10(19-8-21-17)5-14(25)22-11(15(26)27)3-9-1-2-12(23)13(24)4-9/h1-2,4,7-8,10-11,23-24H,3,5-6,16-17H2,(H,18,20)(H,19,21)(H,22,25)(H,26,27)/t10?,11-/m0/s1. The van der Waals surface area contributed by atoms with Gasteiger partial charge in [-0.25, -0.2) is 16.5 Å². The van der Waals surface area contributed by atoms with E-state index in [0.29, 0.717) is 5.56 Å². The van der Waals surface area contributed by atoms with Crippen molar-refractivity contribution in [1.29, 1.82) is 0 Å². The molecule has 0 aliphatic heterocycles. The maximum Gasteiger partial charge on any atom is 0.326 e. The third kappa shape index (κ3) is 8.02. The van der Waals surface area contributed by atoms with Crippen LogP contribution >= 0.6 is 0 Å². The highest BCUT2D eigenvalue weighted by molar-refractivity contribution is 5.84. The van der Waals surface area contributed by atoms with E-state index in [0.717, 1.165) is 0 Å². The van der Waals surface area contributed by atoms with Gasteiger partial charge in [0, 0.05) is 6.42 Å². The molecule has 27 heavy (non-hydrogen) atoms. The molecule has 12 heteroatoms. The van der Waals surface area contributed by atoms with Gasteiger partial charge >= 0.3 is 5.97 Å². The molecular weight excluding hydrogens is 358 g/mol. The molecule has 0 saturated carbocycles. The number of carboxylic acids is 1. The van der Waals surface area contributed by atoms with E-state index >= 15 is 0 Å². The Morgan fingerprint density at radius 1 is 1.15 bits per heavy atom. The monoisotopic (exact) mass is 381 g/mol. The summed E-state index contributed by atoms with van der Waals surface area (Å²) >= 11 is 0. The summed E-state index contributed by atoms with van der Waals surface area (Å²) in [7, 11) is 0. The van der Waals surface area contributed by atoms with Crippen LogP contribution in [0.15, 0.2) is 28.2 Å². The molecule has 12 nitrogen and oxygen atoms in total. The number of nitrogens with one attached hydrogen (secondary N) is 3. The first-order valence-electron chi connectivity index (χ1n) is 7.82. The molecular formula is C15H23N7O5. The van der Waals surface area contributed by atoms with Crippen molar-refractivity contribution in [2.45, 2.75) is 24.9 Å². The summed E-state index contributed by atoms with van der Waals surface area (Å²) < 4.78 is 0. The van der Waals surface area contributed by atoms with E-state index in [9.17, 15) is 24.9 Å². The van der Waals surface area contributed by atoms with Crippen molar-refractivity contribution in [2.24, 2.45) is 21.7 Å². The zero-order chi connectivity index (χ0) is 20.2. The number of phenols is 2. The van der Waals surface area contributed by atoms with Crippen LogP contribution in [0.25, 0.3) is 0 Å². The van der Waals surface area contributed by atoms with Gasteiger partial charge in [0.1, 0.15) is 6.04 Å². The molecule has 10 N–H and O–H groups in total. The van der Waals surface area contributed by atoms with E-state index in [2.05, 4.69) is 26.2 Å². The number of aliphatic imine (C=N–C) groups is 2. The molecule has 0 radical (unpaired) electrons. The topological polar surface area (TPSA) is 208 Å². The van der Waals surface area contributed by atoms with Crippen molar-refractivity contribution in [3.05, 3.63) is 23.8 Å². The molecule has 148 valence electrons. The Kier molecular flexibility index (Phi) is 9.05. The van der Waals surface area contributed by atoms with Gasteiger partial charge in [-0.2, -0.15) is 0 Å². The van der Waals surface area contributed by atoms with Crippen LogP contribution in [-0.4, -0.2) is 58.5 Å². The van der Waals surface area contributed by atoms with Crippen molar-refractivity contribution in [3.63, 3.8) is 0 Å². The smallest absolute Gasteiger partial charge is 0.326 e. The molecule has 1 aromatic rings. The number of carbonyl (C=O) groups excluding carboxylic acids is 1. The molecule has 1 unspecified atom stereocenters. The van der Waals surface area contributed by atoms with E-state index in [1.807, 2.05) is 0 Å². The second-order valence-electron chi connectivity index (χ2n) is 5.45. The van der Waals surface area contributed by atoms with Gasteiger partial charge in [0.05, 0.1) is 31.7 Å². The second kappa shape index (κ2) is 11.3. The van der Waals surface area contributed by atoms with Gasteiger partial charge in [0.2, 0.25) is 5.91 Å². The fourth-order valence-electron chi connectivity index (χ4n) is 2.14. The number of rotatable bonds is 11. The molecule has 0 fully saturated rings. The molecule has 0 bridgehead atoms. The van der Waals surface area contributed by atoms with E-state index in [4.69, 9.17) is 11.7 Å². The van der Waals surface area contributed by atoms with Crippen LogP contribution in [-0.2, 0) is 16.0 Å². The third-order valence-corrected chi connectivity index (χ3v) is 3.38. The van der Waals surface area contributed by atoms with Crippen LogP contribution in [0.2, 0.25) is 0 Å². The number of phenolic OH excluding ortho intramolecular Hbond substituents is 2. The zero-order valence-corrected chi connectivity index (χ0v) is 14.4. The van der Waals surface area contributed by atoms with Crippen molar-refractivity contribution in [3.8, 4) is 11.5 Å². The van der Waals surface area contributed by atoms with Crippen LogP contribution in [0, 0.1) is 0 Å². The highest BCUT2D eigenvalue weighted by Crippen LogP contribution is 2.25. The van der Waals surface area contributed by atoms with Crippen molar-refractivity contribution in [1.82, 2.24) is 16.2 Å². The van der Waals surface area contributed by atoms with Crippen LogP contribution in [0.1, 0.15) is 12.0 Å². The van der Waals surface area contributed by atoms with E-state index in [-0.39, 0.29) is 30.9 Å². The first-order chi connectivity index (χ1) is 12.9. The number of hydrogen-bond donors (Lipinski definition) is 8. The number of hydrogen-bond acceptors (Lipinski definition) is 8. The molecule has 1 rings (SSSR count). The van der Waals surface area contributed by atoms with Gasteiger partial charge in [-0.1, -0.05) is 6.07 Å². The molecule has 0 aromatic heterocycles. The number of carbonyl (C=O) groups is 2. The number of aliphatic carboxylic acids is 1. The van der Waals surface area contributed by atoms with Gasteiger partial charge in [-0.05, 0) is 17.7 Å². The summed E-state index contributed by atoms with van der Waals surface area (Å²) in [6.45, 7) is 0.124. The molecule has 0 spiro atoms. The number of nitrogens with zero attached hydrogens (tertiary/aromatic N) is 2. The lowest BCUT2D eigenvalue weighted by Gasteiger charge is -2.16. The minimum Gasteiger partial charge on any atom is -0.504 e. The third-order valence-electron chi connectivity index (χ3n) is 3.38. The highest BCUT2D eigenvalue weighted by atomic mass is 16.4. The van der Waals surface area contributed by atoms with Crippen molar-refractivity contribution in [2.75, 3.05) is 6.54 Å². The summed E-state index contributed by atoms with van der Waals surface area (Å²) in [5, 5.41) is 30.5. The largest absolute Gasteiger partial charge is 0.504 e. The molecule has 2 atom stereocenters. The SMILES string of the molecule is NNC=NCC(CC(=O)N[C@@H](Cc1ccc(O)c(O)c1)C(=O)O)N=CNN. The fraction of sp³-hybridized carbons (Fsp3) is 0.333. The Balaban J connectivity index is 2.74. The maximum atomic E-state index is 12.2. The van der Waals surface area contributed by atoms with E-state index < -0.39 is 24.0 Å². The van der Waals surface area contributed by atoms with Crippen molar-refractivity contribution >= 4 is 24.6 Å².